The fourth-order valence-corrected chi connectivity index (χ4v) is 2.55. The van der Waals surface area contributed by atoms with Gasteiger partial charge in [-0.3, -0.25) is 9.97 Å². The molecule has 0 bridgehead atoms. The largest absolute Gasteiger partial charge is 0.264 e. The van der Waals surface area contributed by atoms with Crippen molar-refractivity contribution in [2.24, 2.45) is 0 Å². The number of hydrogen-bond acceptors (Lipinski definition) is 5. The summed E-state index contributed by atoms with van der Waals surface area (Å²) >= 11 is 0. The van der Waals surface area contributed by atoms with E-state index < -0.39 is 0 Å². The van der Waals surface area contributed by atoms with Crippen LogP contribution in [0.1, 0.15) is 5.56 Å². The van der Waals surface area contributed by atoms with E-state index in [0.29, 0.717) is 18.1 Å². The molecule has 0 saturated carbocycles. The summed E-state index contributed by atoms with van der Waals surface area (Å²) in [5, 5.41) is 4.61. The normalized spacial score (nSPS) is 11.1. The van der Waals surface area contributed by atoms with Crippen LogP contribution < -0.4 is 0 Å². The minimum atomic E-state index is 0.546. The second-order valence-electron chi connectivity index (χ2n) is 5.59. The highest BCUT2D eigenvalue weighted by atomic mass is 15.3. The zero-order valence-corrected chi connectivity index (χ0v) is 14.0. The van der Waals surface area contributed by atoms with E-state index in [9.17, 15) is 0 Å². The smallest absolute Gasteiger partial charge is 0.201 e. The van der Waals surface area contributed by atoms with Gasteiger partial charge in [0.1, 0.15) is 5.69 Å². The molecule has 0 atom stereocenters. The average Bonchev–Trinajstić information content (AvgIpc) is 3.14. The molecule has 3 heterocycles. The fourth-order valence-electron chi connectivity index (χ4n) is 2.55. The van der Waals surface area contributed by atoms with E-state index in [1.165, 1.54) is 0 Å². The number of pyridine rings is 1. The average molecular weight is 340 g/mol. The molecule has 1 aromatic carbocycles. The number of allylic oxidation sites excluding steroid dienone is 1. The van der Waals surface area contributed by atoms with Crippen LogP contribution in [0.5, 0.6) is 0 Å². The third-order valence-corrected chi connectivity index (χ3v) is 3.77. The van der Waals surface area contributed by atoms with Crippen molar-refractivity contribution >= 4 is 6.08 Å². The van der Waals surface area contributed by atoms with Crippen LogP contribution in [0.2, 0.25) is 0 Å². The lowest BCUT2D eigenvalue weighted by Crippen LogP contribution is -2.01. The second-order valence-corrected chi connectivity index (χ2v) is 5.59. The quantitative estimate of drug-likeness (QED) is 0.556. The standard InChI is InChI=1S/C20H16N6/c1-2-6-16(7-3-1)8-5-13-26-20(17-9-4-10-21-14-17)24-19(25-26)18-15-22-11-12-23-18/h1-12,14-15H,13H2/b8-5+. The first kappa shape index (κ1) is 15.8. The predicted octanol–water partition coefficient (Wildman–Crippen LogP) is 3.51. The molecule has 3 aromatic heterocycles. The van der Waals surface area contributed by atoms with Gasteiger partial charge in [-0.05, 0) is 17.7 Å². The molecule has 0 fully saturated rings. The lowest BCUT2D eigenvalue weighted by Gasteiger charge is -2.02. The molecule has 0 aliphatic heterocycles. The van der Waals surface area contributed by atoms with Gasteiger partial charge in [0.25, 0.3) is 0 Å². The SMILES string of the molecule is C(=C\c1ccccc1)/Cn1nc(-c2cnccn2)nc1-c1cccnc1. The van der Waals surface area contributed by atoms with Crippen molar-refractivity contribution in [3.05, 3.63) is 85.1 Å². The molecule has 26 heavy (non-hydrogen) atoms. The van der Waals surface area contributed by atoms with Crippen molar-refractivity contribution in [3.8, 4) is 22.9 Å². The third-order valence-electron chi connectivity index (χ3n) is 3.77. The van der Waals surface area contributed by atoms with Crippen molar-refractivity contribution in [2.45, 2.75) is 6.54 Å². The van der Waals surface area contributed by atoms with Gasteiger partial charge in [-0.2, -0.15) is 0 Å². The first-order valence-corrected chi connectivity index (χ1v) is 8.23. The number of nitrogens with zero attached hydrogens (tertiary/aromatic N) is 6. The molecule has 0 radical (unpaired) electrons. The summed E-state index contributed by atoms with van der Waals surface area (Å²) in [6.45, 7) is 0.590. The van der Waals surface area contributed by atoms with Gasteiger partial charge in [-0.15, -0.1) is 5.10 Å². The lowest BCUT2D eigenvalue weighted by molar-refractivity contribution is 0.711. The number of rotatable bonds is 5. The Kier molecular flexibility index (Phi) is 4.56. The minimum absolute atomic E-state index is 0.546. The summed E-state index contributed by atoms with van der Waals surface area (Å²) in [7, 11) is 0. The molecule has 0 spiro atoms. The summed E-state index contributed by atoms with van der Waals surface area (Å²) in [5.41, 5.74) is 2.69. The first-order chi connectivity index (χ1) is 12.9. The van der Waals surface area contributed by atoms with Gasteiger partial charge in [0.2, 0.25) is 5.82 Å². The van der Waals surface area contributed by atoms with E-state index in [4.69, 9.17) is 0 Å². The predicted molar refractivity (Wildman–Crippen MR) is 99.8 cm³/mol. The summed E-state index contributed by atoms with van der Waals surface area (Å²) in [4.78, 5) is 17.2. The highest BCUT2D eigenvalue weighted by molar-refractivity contribution is 5.58. The lowest BCUT2D eigenvalue weighted by atomic mass is 10.2. The molecule has 0 aliphatic rings. The van der Waals surface area contributed by atoms with E-state index in [0.717, 1.165) is 17.0 Å². The van der Waals surface area contributed by atoms with Crippen LogP contribution in [-0.4, -0.2) is 29.7 Å². The maximum absolute atomic E-state index is 4.65. The molecule has 0 aliphatic carbocycles. The van der Waals surface area contributed by atoms with Gasteiger partial charge in [0.15, 0.2) is 5.82 Å². The fraction of sp³-hybridized carbons (Fsp3) is 0.0500. The Balaban J connectivity index is 1.68. The number of aromatic nitrogens is 6. The Morgan fingerprint density at radius 3 is 2.54 bits per heavy atom. The van der Waals surface area contributed by atoms with Gasteiger partial charge in [-0.1, -0.05) is 42.5 Å². The third kappa shape index (κ3) is 3.54. The van der Waals surface area contributed by atoms with Crippen molar-refractivity contribution in [3.63, 3.8) is 0 Å². The van der Waals surface area contributed by atoms with E-state index in [2.05, 4.69) is 49.3 Å². The van der Waals surface area contributed by atoms with Crippen LogP contribution in [0.15, 0.2) is 79.5 Å². The molecule has 6 nitrogen and oxygen atoms in total. The van der Waals surface area contributed by atoms with Crippen LogP contribution in [0.3, 0.4) is 0 Å². The zero-order valence-electron chi connectivity index (χ0n) is 14.0. The topological polar surface area (TPSA) is 69.4 Å². The Hall–Kier alpha value is -3.67. The molecular formula is C20H16N6. The summed E-state index contributed by atoms with van der Waals surface area (Å²) in [5.74, 6) is 1.29. The highest BCUT2D eigenvalue weighted by Gasteiger charge is 2.13. The van der Waals surface area contributed by atoms with Crippen molar-refractivity contribution in [1.29, 1.82) is 0 Å². The van der Waals surface area contributed by atoms with Crippen LogP contribution in [0.25, 0.3) is 29.0 Å². The number of hydrogen-bond donors (Lipinski definition) is 0. The molecule has 0 amide bonds. The Bertz CT molecular complexity index is 994. The van der Waals surface area contributed by atoms with Crippen molar-refractivity contribution in [1.82, 2.24) is 29.7 Å². The van der Waals surface area contributed by atoms with Crippen molar-refractivity contribution in [2.75, 3.05) is 0 Å². The molecule has 6 heteroatoms. The molecule has 126 valence electrons. The highest BCUT2D eigenvalue weighted by Crippen LogP contribution is 2.20. The zero-order chi connectivity index (χ0) is 17.6. The van der Waals surface area contributed by atoms with Crippen LogP contribution in [-0.2, 0) is 6.54 Å². The maximum Gasteiger partial charge on any atom is 0.201 e. The van der Waals surface area contributed by atoms with Gasteiger partial charge >= 0.3 is 0 Å². The van der Waals surface area contributed by atoms with Gasteiger partial charge < -0.3 is 0 Å². The minimum Gasteiger partial charge on any atom is -0.264 e. The Morgan fingerprint density at radius 2 is 1.77 bits per heavy atom. The van der Waals surface area contributed by atoms with Gasteiger partial charge in [0.05, 0.1) is 12.7 Å². The van der Waals surface area contributed by atoms with Gasteiger partial charge in [-0.25, -0.2) is 14.6 Å². The van der Waals surface area contributed by atoms with Crippen LogP contribution in [0, 0.1) is 0 Å². The van der Waals surface area contributed by atoms with Crippen LogP contribution in [0.4, 0.5) is 0 Å². The molecule has 0 saturated heterocycles. The first-order valence-electron chi connectivity index (χ1n) is 8.23. The Morgan fingerprint density at radius 1 is 0.885 bits per heavy atom. The maximum atomic E-state index is 4.65. The molecule has 0 N–H and O–H groups in total. The van der Waals surface area contributed by atoms with Gasteiger partial charge in [0, 0.05) is 30.4 Å². The van der Waals surface area contributed by atoms with E-state index in [-0.39, 0.29) is 0 Å². The van der Waals surface area contributed by atoms with E-state index in [1.807, 2.05) is 35.0 Å². The molecular weight excluding hydrogens is 324 g/mol. The summed E-state index contributed by atoms with van der Waals surface area (Å²) in [6, 6.07) is 14.0. The molecule has 4 rings (SSSR count). The van der Waals surface area contributed by atoms with Crippen LogP contribution >= 0.6 is 0 Å². The van der Waals surface area contributed by atoms with E-state index in [1.54, 1.807) is 31.0 Å². The summed E-state index contributed by atoms with van der Waals surface area (Å²) in [6.07, 6.45) is 12.6. The Labute approximate surface area is 150 Å². The number of benzene rings is 1. The summed E-state index contributed by atoms with van der Waals surface area (Å²) < 4.78 is 1.85. The molecule has 0 unspecified atom stereocenters. The molecule has 4 aromatic rings. The second kappa shape index (κ2) is 7.48. The monoisotopic (exact) mass is 340 g/mol. The van der Waals surface area contributed by atoms with E-state index >= 15 is 0 Å². The van der Waals surface area contributed by atoms with Crippen molar-refractivity contribution < 1.29 is 0 Å².